The molecule has 2 saturated heterocycles. The summed E-state index contributed by atoms with van der Waals surface area (Å²) in [5.74, 6) is 1.31. The number of anilines is 2. The molecule has 2 aromatic heterocycles. The molecule has 0 N–H and O–H groups in total. The van der Waals surface area contributed by atoms with Gasteiger partial charge in [-0.1, -0.05) is 0 Å². The van der Waals surface area contributed by atoms with Gasteiger partial charge in [0.25, 0.3) is 0 Å². The van der Waals surface area contributed by atoms with Crippen molar-refractivity contribution in [2.45, 2.75) is 32.6 Å². The fraction of sp³-hybridized carbons (Fsp3) is 0.688. The second-order valence-electron chi connectivity index (χ2n) is 6.51. The topological polar surface area (TPSA) is 97.5 Å². The lowest BCUT2D eigenvalue weighted by molar-refractivity contribution is -0.148. The first kappa shape index (κ1) is 16.0. The SMILES string of the molecule is CCOC(=O)[C@H]1CCCN(c2nc3nonc3nc2N2CCCC2)C1. The van der Waals surface area contributed by atoms with Gasteiger partial charge in [-0.05, 0) is 42.9 Å². The molecule has 0 amide bonds. The number of piperidine rings is 1. The van der Waals surface area contributed by atoms with E-state index in [-0.39, 0.29) is 11.9 Å². The van der Waals surface area contributed by atoms with E-state index < -0.39 is 0 Å². The summed E-state index contributed by atoms with van der Waals surface area (Å²) in [4.78, 5) is 25.8. The Hall–Kier alpha value is -2.45. The highest BCUT2D eigenvalue weighted by Gasteiger charge is 2.31. The second kappa shape index (κ2) is 6.81. The number of carbonyl (C=O) groups excluding carboxylic acids is 1. The monoisotopic (exact) mass is 346 g/mol. The van der Waals surface area contributed by atoms with Gasteiger partial charge in [0.15, 0.2) is 11.6 Å². The first-order chi connectivity index (χ1) is 12.3. The standard InChI is InChI=1S/C16H22N6O3/c1-2-24-16(23)11-6-5-9-22(10-11)15-14(21-7-3-4-8-21)17-12-13(18-15)20-25-19-12/h11H,2-10H2,1H3/t11-/m0/s1. The maximum Gasteiger partial charge on any atom is 0.310 e. The third-order valence-corrected chi connectivity index (χ3v) is 4.82. The van der Waals surface area contributed by atoms with Crippen LogP contribution in [0.5, 0.6) is 0 Å². The van der Waals surface area contributed by atoms with Gasteiger partial charge in [-0.15, -0.1) is 0 Å². The summed E-state index contributed by atoms with van der Waals surface area (Å²) in [5.41, 5.74) is 0.820. The minimum absolute atomic E-state index is 0.131. The quantitative estimate of drug-likeness (QED) is 0.761. The minimum Gasteiger partial charge on any atom is -0.466 e. The molecule has 0 aromatic carbocycles. The number of ether oxygens (including phenoxy) is 1. The van der Waals surface area contributed by atoms with Crippen LogP contribution < -0.4 is 9.80 Å². The molecule has 2 fully saturated rings. The van der Waals surface area contributed by atoms with Crippen molar-refractivity contribution < 1.29 is 14.2 Å². The van der Waals surface area contributed by atoms with E-state index in [0.29, 0.717) is 24.4 Å². The van der Waals surface area contributed by atoms with Gasteiger partial charge in [0, 0.05) is 26.2 Å². The molecule has 0 saturated carbocycles. The molecule has 0 aliphatic carbocycles. The van der Waals surface area contributed by atoms with Crippen molar-refractivity contribution in [1.29, 1.82) is 0 Å². The molecule has 4 rings (SSSR count). The van der Waals surface area contributed by atoms with Crippen molar-refractivity contribution in [2.24, 2.45) is 5.92 Å². The number of hydrogen-bond acceptors (Lipinski definition) is 9. The Morgan fingerprint density at radius 1 is 1.08 bits per heavy atom. The third kappa shape index (κ3) is 3.10. The average molecular weight is 346 g/mol. The van der Waals surface area contributed by atoms with Crippen LogP contribution in [0.1, 0.15) is 32.6 Å². The fourth-order valence-electron chi connectivity index (χ4n) is 3.60. The Bertz CT molecular complexity index is 757. The van der Waals surface area contributed by atoms with E-state index in [4.69, 9.17) is 9.37 Å². The van der Waals surface area contributed by atoms with Gasteiger partial charge in [-0.3, -0.25) is 4.79 Å². The Labute approximate surface area is 145 Å². The highest BCUT2D eigenvalue weighted by atomic mass is 16.6. The van der Waals surface area contributed by atoms with Gasteiger partial charge in [-0.25, -0.2) is 14.6 Å². The summed E-state index contributed by atoms with van der Waals surface area (Å²) in [6, 6.07) is 0. The molecule has 25 heavy (non-hydrogen) atoms. The van der Waals surface area contributed by atoms with E-state index in [1.807, 2.05) is 6.92 Å². The summed E-state index contributed by atoms with van der Waals surface area (Å²) in [5, 5.41) is 7.65. The van der Waals surface area contributed by atoms with Gasteiger partial charge in [0.05, 0.1) is 12.5 Å². The summed E-state index contributed by atoms with van der Waals surface area (Å²) >= 11 is 0. The molecule has 0 unspecified atom stereocenters. The number of rotatable bonds is 4. The van der Waals surface area contributed by atoms with Crippen molar-refractivity contribution in [2.75, 3.05) is 42.6 Å². The van der Waals surface area contributed by atoms with Crippen molar-refractivity contribution in [1.82, 2.24) is 20.3 Å². The molecule has 9 nitrogen and oxygen atoms in total. The Balaban J connectivity index is 1.66. The number of aromatic nitrogens is 4. The van der Waals surface area contributed by atoms with E-state index >= 15 is 0 Å². The molecule has 9 heteroatoms. The van der Waals surface area contributed by atoms with Gasteiger partial charge in [0.1, 0.15) is 0 Å². The smallest absolute Gasteiger partial charge is 0.310 e. The minimum atomic E-state index is -0.132. The Morgan fingerprint density at radius 2 is 1.72 bits per heavy atom. The van der Waals surface area contributed by atoms with E-state index in [0.717, 1.165) is 57.0 Å². The molecular formula is C16H22N6O3. The molecule has 2 aliphatic heterocycles. The van der Waals surface area contributed by atoms with Crippen LogP contribution in [0, 0.1) is 5.92 Å². The van der Waals surface area contributed by atoms with Gasteiger partial charge in [0.2, 0.25) is 11.3 Å². The van der Waals surface area contributed by atoms with Gasteiger partial charge < -0.3 is 14.5 Å². The molecule has 0 spiro atoms. The number of nitrogens with zero attached hydrogens (tertiary/aromatic N) is 6. The average Bonchev–Trinajstić information content (AvgIpc) is 3.32. The van der Waals surface area contributed by atoms with Crippen LogP contribution in [0.3, 0.4) is 0 Å². The van der Waals surface area contributed by atoms with Crippen molar-refractivity contribution in [3.05, 3.63) is 0 Å². The van der Waals surface area contributed by atoms with Crippen molar-refractivity contribution in [3.8, 4) is 0 Å². The highest BCUT2D eigenvalue weighted by Crippen LogP contribution is 2.32. The summed E-state index contributed by atoms with van der Waals surface area (Å²) in [6.07, 6.45) is 4.04. The van der Waals surface area contributed by atoms with Crippen LogP contribution >= 0.6 is 0 Å². The fourth-order valence-corrected chi connectivity index (χ4v) is 3.60. The zero-order valence-corrected chi connectivity index (χ0v) is 14.3. The van der Waals surface area contributed by atoms with Crippen molar-refractivity contribution >= 4 is 28.9 Å². The molecule has 2 aliphatic rings. The van der Waals surface area contributed by atoms with Gasteiger partial charge in [-0.2, -0.15) is 0 Å². The molecule has 134 valence electrons. The van der Waals surface area contributed by atoms with Gasteiger partial charge >= 0.3 is 5.97 Å². The van der Waals surface area contributed by atoms with Crippen LogP contribution in [-0.4, -0.2) is 59.0 Å². The second-order valence-corrected chi connectivity index (χ2v) is 6.51. The molecule has 1 atom stereocenters. The number of hydrogen-bond donors (Lipinski definition) is 0. The maximum atomic E-state index is 12.2. The van der Waals surface area contributed by atoms with Crippen LogP contribution in [-0.2, 0) is 9.53 Å². The lowest BCUT2D eigenvalue weighted by Crippen LogP contribution is -2.41. The summed E-state index contributed by atoms with van der Waals surface area (Å²) in [7, 11) is 0. The van der Waals surface area contributed by atoms with Crippen molar-refractivity contribution in [3.63, 3.8) is 0 Å². The lowest BCUT2D eigenvalue weighted by atomic mass is 9.98. The maximum absolute atomic E-state index is 12.2. The Morgan fingerprint density at radius 3 is 2.40 bits per heavy atom. The summed E-state index contributed by atoms with van der Waals surface area (Å²) < 4.78 is 9.98. The number of fused-ring (bicyclic) bond motifs is 1. The van der Waals surface area contributed by atoms with E-state index in [2.05, 4.69) is 30.1 Å². The van der Waals surface area contributed by atoms with Crippen LogP contribution in [0.4, 0.5) is 11.6 Å². The predicted octanol–water partition coefficient (Wildman–Crippen LogP) is 1.39. The molecule has 0 radical (unpaired) electrons. The zero-order valence-electron chi connectivity index (χ0n) is 14.3. The van der Waals surface area contributed by atoms with E-state index in [1.165, 1.54) is 0 Å². The predicted molar refractivity (Wildman–Crippen MR) is 90.4 cm³/mol. The van der Waals surface area contributed by atoms with Crippen LogP contribution in [0.2, 0.25) is 0 Å². The normalized spacial score (nSPS) is 21.1. The largest absolute Gasteiger partial charge is 0.466 e. The molecule has 0 bridgehead atoms. The van der Waals surface area contributed by atoms with E-state index in [1.54, 1.807) is 0 Å². The third-order valence-electron chi connectivity index (χ3n) is 4.82. The first-order valence-corrected chi connectivity index (χ1v) is 8.93. The molecule has 4 heterocycles. The Kier molecular flexibility index (Phi) is 4.37. The molecule has 2 aromatic rings. The highest BCUT2D eigenvalue weighted by molar-refractivity contribution is 5.77. The van der Waals surface area contributed by atoms with Crippen LogP contribution in [0.15, 0.2) is 4.63 Å². The number of carbonyl (C=O) groups is 1. The van der Waals surface area contributed by atoms with Crippen LogP contribution in [0.25, 0.3) is 11.3 Å². The summed E-state index contributed by atoms with van der Waals surface area (Å²) in [6.45, 7) is 5.57. The van der Waals surface area contributed by atoms with E-state index in [9.17, 15) is 4.79 Å². The first-order valence-electron chi connectivity index (χ1n) is 8.93. The lowest BCUT2D eigenvalue weighted by Gasteiger charge is -2.34. The number of esters is 1. The zero-order chi connectivity index (χ0) is 17.2. The molecular weight excluding hydrogens is 324 g/mol.